The number of rotatable bonds is 1. The van der Waals surface area contributed by atoms with Crippen molar-refractivity contribution in [3.05, 3.63) is 24.7 Å². The molecule has 0 fully saturated rings. The molecule has 0 N–H and O–H groups in total. The second-order valence-corrected chi connectivity index (χ2v) is 3.24. The van der Waals surface area contributed by atoms with Crippen LogP contribution in [0.5, 0.6) is 0 Å². The molecule has 0 bridgehead atoms. The SMILES string of the molecule is [CH2]S(=O)(=O)c1ncccn1. The first-order valence-electron chi connectivity index (χ1n) is 2.46. The lowest BCUT2D eigenvalue weighted by Crippen LogP contribution is -1.99. The fourth-order valence-corrected chi connectivity index (χ4v) is 0.889. The van der Waals surface area contributed by atoms with E-state index in [9.17, 15) is 8.42 Å². The van der Waals surface area contributed by atoms with Gasteiger partial charge in [0.15, 0.2) is 0 Å². The molecular formula is C5H5N2O2S. The van der Waals surface area contributed by atoms with Crippen molar-refractivity contribution in [2.45, 2.75) is 5.16 Å². The van der Waals surface area contributed by atoms with Crippen molar-refractivity contribution in [1.82, 2.24) is 9.97 Å². The second-order valence-electron chi connectivity index (χ2n) is 1.65. The van der Waals surface area contributed by atoms with Crippen molar-refractivity contribution in [3.8, 4) is 0 Å². The highest BCUT2D eigenvalue weighted by atomic mass is 32.2. The van der Waals surface area contributed by atoms with Crippen molar-refractivity contribution in [3.63, 3.8) is 0 Å². The number of hydrogen-bond acceptors (Lipinski definition) is 4. The molecule has 0 aromatic carbocycles. The van der Waals surface area contributed by atoms with Crippen molar-refractivity contribution in [2.24, 2.45) is 0 Å². The summed E-state index contributed by atoms with van der Waals surface area (Å²) in [5.74, 6) is 0. The summed E-state index contributed by atoms with van der Waals surface area (Å²) in [4.78, 5) is 6.98. The van der Waals surface area contributed by atoms with Crippen LogP contribution >= 0.6 is 0 Å². The van der Waals surface area contributed by atoms with Gasteiger partial charge in [0, 0.05) is 12.4 Å². The monoisotopic (exact) mass is 157 g/mol. The molecular weight excluding hydrogens is 152 g/mol. The molecule has 0 aliphatic carbocycles. The van der Waals surface area contributed by atoms with Gasteiger partial charge in [-0.1, -0.05) is 0 Å². The molecule has 1 rings (SSSR count). The van der Waals surface area contributed by atoms with Gasteiger partial charge in [0.05, 0.1) is 6.26 Å². The number of nitrogens with zero attached hydrogens (tertiary/aromatic N) is 2. The van der Waals surface area contributed by atoms with Crippen molar-refractivity contribution < 1.29 is 8.42 Å². The van der Waals surface area contributed by atoms with Crippen molar-refractivity contribution in [1.29, 1.82) is 0 Å². The Hall–Kier alpha value is -0.970. The highest BCUT2D eigenvalue weighted by Gasteiger charge is 2.07. The zero-order chi connectivity index (χ0) is 7.61. The molecule has 1 aromatic rings. The third kappa shape index (κ3) is 1.51. The molecule has 1 radical (unpaired) electrons. The van der Waals surface area contributed by atoms with Gasteiger partial charge in [-0.3, -0.25) is 0 Å². The van der Waals surface area contributed by atoms with E-state index in [-0.39, 0.29) is 5.16 Å². The molecule has 5 heteroatoms. The largest absolute Gasteiger partial charge is 0.247 e. The van der Waals surface area contributed by atoms with Crippen LogP contribution in [0.15, 0.2) is 23.6 Å². The van der Waals surface area contributed by atoms with Gasteiger partial charge in [-0.15, -0.1) is 0 Å². The molecule has 0 saturated heterocycles. The van der Waals surface area contributed by atoms with E-state index in [1.807, 2.05) is 0 Å². The predicted octanol–water partition coefficient (Wildman–Crippen LogP) is 0.0419. The Balaban J connectivity index is 3.22. The van der Waals surface area contributed by atoms with Crippen LogP contribution in [0.3, 0.4) is 0 Å². The van der Waals surface area contributed by atoms with Crippen LogP contribution in [-0.2, 0) is 9.84 Å². The normalized spacial score (nSPS) is 11.3. The summed E-state index contributed by atoms with van der Waals surface area (Å²) in [6.07, 6.45) is 5.59. The second kappa shape index (κ2) is 2.34. The first kappa shape index (κ1) is 7.14. The van der Waals surface area contributed by atoms with Gasteiger partial charge in [0.2, 0.25) is 15.0 Å². The van der Waals surface area contributed by atoms with E-state index in [0.29, 0.717) is 0 Å². The molecule has 4 nitrogen and oxygen atoms in total. The van der Waals surface area contributed by atoms with Crippen LogP contribution in [0, 0.1) is 6.26 Å². The molecule has 0 amide bonds. The third-order valence-corrected chi connectivity index (χ3v) is 1.59. The summed E-state index contributed by atoms with van der Waals surface area (Å²) in [6.45, 7) is 0. The van der Waals surface area contributed by atoms with E-state index in [1.165, 1.54) is 18.5 Å². The Morgan fingerprint density at radius 3 is 2.10 bits per heavy atom. The molecule has 0 aliphatic heterocycles. The van der Waals surface area contributed by atoms with Gasteiger partial charge >= 0.3 is 0 Å². The highest BCUT2D eigenvalue weighted by Crippen LogP contribution is 1.98. The fourth-order valence-electron chi connectivity index (χ4n) is 0.446. The van der Waals surface area contributed by atoms with Gasteiger partial charge in [-0.25, -0.2) is 18.4 Å². The molecule has 0 atom stereocenters. The lowest BCUT2D eigenvalue weighted by Gasteiger charge is -1.90. The predicted molar refractivity (Wildman–Crippen MR) is 34.6 cm³/mol. The minimum absolute atomic E-state index is 0.241. The van der Waals surface area contributed by atoms with Crippen LogP contribution in [0.25, 0.3) is 0 Å². The van der Waals surface area contributed by atoms with Gasteiger partial charge in [-0.05, 0) is 6.07 Å². The quantitative estimate of drug-likeness (QED) is 0.540. The Kier molecular flexibility index (Phi) is 1.67. The maximum Gasteiger partial charge on any atom is 0.247 e. The first-order chi connectivity index (χ1) is 4.61. The smallest absolute Gasteiger partial charge is 0.227 e. The Labute approximate surface area is 58.9 Å². The number of hydrogen-bond donors (Lipinski definition) is 0. The minimum Gasteiger partial charge on any atom is -0.227 e. The van der Waals surface area contributed by atoms with Crippen molar-refractivity contribution in [2.75, 3.05) is 0 Å². The average Bonchev–Trinajstić information content (AvgIpc) is 1.88. The summed E-state index contributed by atoms with van der Waals surface area (Å²) >= 11 is 0. The summed E-state index contributed by atoms with van der Waals surface area (Å²) < 4.78 is 21.2. The number of aromatic nitrogens is 2. The summed E-state index contributed by atoms with van der Waals surface area (Å²) in [5, 5.41) is -0.241. The highest BCUT2D eigenvalue weighted by molar-refractivity contribution is 7.92. The molecule has 0 unspecified atom stereocenters. The molecule has 1 aromatic heterocycles. The van der Waals surface area contributed by atoms with Gasteiger partial charge in [0.1, 0.15) is 0 Å². The van der Waals surface area contributed by atoms with E-state index in [0.717, 1.165) is 0 Å². The van der Waals surface area contributed by atoms with Crippen molar-refractivity contribution >= 4 is 9.84 Å². The topological polar surface area (TPSA) is 59.9 Å². The van der Waals surface area contributed by atoms with Gasteiger partial charge in [0.25, 0.3) is 0 Å². The zero-order valence-corrected chi connectivity index (χ0v) is 5.87. The molecule has 1 heterocycles. The van der Waals surface area contributed by atoms with Crippen LogP contribution in [0.2, 0.25) is 0 Å². The Bertz CT molecular complexity index is 306. The Morgan fingerprint density at radius 2 is 1.80 bits per heavy atom. The van der Waals surface area contributed by atoms with E-state index in [4.69, 9.17) is 0 Å². The zero-order valence-electron chi connectivity index (χ0n) is 5.06. The molecule has 0 spiro atoms. The number of sulfone groups is 1. The first-order valence-corrected chi connectivity index (χ1v) is 4.11. The van der Waals surface area contributed by atoms with Gasteiger partial charge < -0.3 is 0 Å². The maximum atomic E-state index is 10.6. The summed E-state index contributed by atoms with van der Waals surface area (Å²) in [7, 11) is -3.48. The maximum absolute atomic E-state index is 10.6. The van der Waals surface area contributed by atoms with E-state index >= 15 is 0 Å². The third-order valence-electron chi connectivity index (χ3n) is 0.820. The molecule has 0 saturated carbocycles. The minimum atomic E-state index is -3.48. The lowest BCUT2D eigenvalue weighted by molar-refractivity contribution is 0.595. The van der Waals surface area contributed by atoms with Crippen LogP contribution < -0.4 is 0 Å². The average molecular weight is 157 g/mol. The van der Waals surface area contributed by atoms with E-state index in [2.05, 4.69) is 16.2 Å². The van der Waals surface area contributed by atoms with E-state index < -0.39 is 9.84 Å². The van der Waals surface area contributed by atoms with Gasteiger partial charge in [-0.2, -0.15) is 0 Å². The van der Waals surface area contributed by atoms with Crippen LogP contribution in [0.4, 0.5) is 0 Å². The molecule has 10 heavy (non-hydrogen) atoms. The lowest BCUT2D eigenvalue weighted by atomic mass is 10.7. The summed E-state index contributed by atoms with van der Waals surface area (Å²) in [5.41, 5.74) is 0. The molecule has 0 aliphatic rings. The summed E-state index contributed by atoms with van der Waals surface area (Å²) in [6, 6.07) is 1.54. The standard InChI is InChI=1S/C5H5N2O2S/c1-10(8,9)5-6-3-2-4-7-5/h2-4H,1H2. The van der Waals surface area contributed by atoms with E-state index in [1.54, 1.807) is 0 Å². The van der Waals surface area contributed by atoms with Crippen LogP contribution in [0.1, 0.15) is 0 Å². The molecule has 53 valence electrons. The van der Waals surface area contributed by atoms with Crippen LogP contribution in [-0.4, -0.2) is 18.4 Å². The fraction of sp³-hybridized carbons (Fsp3) is 0. The Morgan fingerprint density at radius 1 is 1.30 bits per heavy atom.